The van der Waals surface area contributed by atoms with Crippen molar-refractivity contribution in [3.63, 3.8) is 0 Å². The maximum absolute atomic E-state index is 12.1. The summed E-state index contributed by atoms with van der Waals surface area (Å²) in [6, 6.07) is 5.04. The van der Waals surface area contributed by atoms with Gasteiger partial charge in [0.15, 0.2) is 5.78 Å². The molecule has 118 valence electrons. The molecule has 4 heteroatoms. The topological polar surface area (TPSA) is 35.5 Å². The van der Waals surface area contributed by atoms with Gasteiger partial charge in [0.25, 0.3) is 0 Å². The zero-order valence-electron chi connectivity index (χ0n) is 13.2. The van der Waals surface area contributed by atoms with Crippen LogP contribution in [-0.2, 0) is 4.74 Å². The third kappa shape index (κ3) is 6.06. The summed E-state index contributed by atoms with van der Waals surface area (Å²) in [6.45, 7) is 5.09. The molecule has 0 spiro atoms. The monoisotopic (exact) mass is 312 g/mol. The molecule has 0 bridgehead atoms. The van der Waals surface area contributed by atoms with Gasteiger partial charge < -0.3 is 9.47 Å². The first kappa shape index (κ1) is 18.0. The van der Waals surface area contributed by atoms with Gasteiger partial charge in [0.05, 0.1) is 12.1 Å². The van der Waals surface area contributed by atoms with Crippen molar-refractivity contribution in [3.05, 3.63) is 28.8 Å². The molecule has 0 saturated carbocycles. The van der Waals surface area contributed by atoms with Crippen LogP contribution in [0.25, 0.3) is 0 Å². The average molecular weight is 313 g/mol. The predicted molar refractivity (Wildman–Crippen MR) is 86.5 cm³/mol. The summed E-state index contributed by atoms with van der Waals surface area (Å²) in [6.07, 6.45) is 4.65. The van der Waals surface area contributed by atoms with Crippen LogP contribution in [-0.4, -0.2) is 26.1 Å². The van der Waals surface area contributed by atoms with Crippen LogP contribution >= 0.6 is 11.6 Å². The lowest BCUT2D eigenvalue weighted by atomic mass is 10.0. The molecule has 0 aliphatic carbocycles. The van der Waals surface area contributed by atoms with E-state index in [0.29, 0.717) is 28.9 Å². The second kappa shape index (κ2) is 9.80. The van der Waals surface area contributed by atoms with Gasteiger partial charge in [-0.1, -0.05) is 44.7 Å². The summed E-state index contributed by atoms with van der Waals surface area (Å²) in [7, 11) is 1.55. The lowest BCUT2D eigenvalue weighted by Crippen LogP contribution is -2.15. The number of rotatable bonds is 10. The standard InChI is InChI=1S/C17H25ClO3/c1-4-6-7-13(5-2)11-21-12-16(19)14-8-9-17(20-3)15(18)10-14/h8-10,13H,4-7,11-12H2,1-3H3. The van der Waals surface area contributed by atoms with Crippen molar-refractivity contribution in [1.82, 2.24) is 0 Å². The molecule has 1 aromatic carbocycles. The molecule has 0 aromatic heterocycles. The Balaban J connectivity index is 2.44. The van der Waals surface area contributed by atoms with Gasteiger partial charge in [-0.25, -0.2) is 0 Å². The van der Waals surface area contributed by atoms with E-state index in [0.717, 1.165) is 12.8 Å². The number of benzene rings is 1. The first-order valence-electron chi connectivity index (χ1n) is 7.56. The highest BCUT2D eigenvalue weighted by atomic mass is 35.5. The Kier molecular flexibility index (Phi) is 8.40. The lowest BCUT2D eigenvalue weighted by molar-refractivity contribution is 0.0658. The van der Waals surface area contributed by atoms with E-state index in [9.17, 15) is 4.79 Å². The quantitative estimate of drug-likeness (QED) is 0.584. The van der Waals surface area contributed by atoms with Crippen molar-refractivity contribution in [2.24, 2.45) is 5.92 Å². The molecule has 1 atom stereocenters. The van der Waals surface area contributed by atoms with E-state index < -0.39 is 0 Å². The van der Waals surface area contributed by atoms with Crippen molar-refractivity contribution in [1.29, 1.82) is 0 Å². The summed E-state index contributed by atoms with van der Waals surface area (Å²) in [5.74, 6) is 1.06. The maximum atomic E-state index is 12.1. The molecule has 1 rings (SSSR count). The zero-order chi connectivity index (χ0) is 15.7. The Hall–Kier alpha value is -1.06. The van der Waals surface area contributed by atoms with Gasteiger partial charge in [-0.15, -0.1) is 0 Å². The van der Waals surface area contributed by atoms with E-state index in [1.54, 1.807) is 25.3 Å². The first-order valence-corrected chi connectivity index (χ1v) is 7.94. The molecule has 0 aliphatic heterocycles. The van der Waals surface area contributed by atoms with E-state index in [1.807, 2.05) is 0 Å². The van der Waals surface area contributed by atoms with E-state index in [1.165, 1.54) is 12.8 Å². The largest absolute Gasteiger partial charge is 0.495 e. The summed E-state index contributed by atoms with van der Waals surface area (Å²) in [5, 5.41) is 0.442. The smallest absolute Gasteiger partial charge is 0.188 e. The fourth-order valence-electron chi connectivity index (χ4n) is 2.14. The minimum Gasteiger partial charge on any atom is -0.495 e. The molecule has 1 aromatic rings. The van der Waals surface area contributed by atoms with Crippen LogP contribution in [0.15, 0.2) is 18.2 Å². The second-order valence-corrected chi connectivity index (χ2v) is 5.61. The van der Waals surface area contributed by atoms with Gasteiger partial charge in [-0.05, 0) is 30.5 Å². The molecule has 0 N–H and O–H groups in total. The van der Waals surface area contributed by atoms with Gasteiger partial charge >= 0.3 is 0 Å². The highest BCUT2D eigenvalue weighted by Gasteiger charge is 2.11. The summed E-state index contributed by atoms with van der Waals surface area (Å²) >= 11 is 6.02. The van der Waals surface area contributed by atoms with Crippen LogP contribution < -0.4 is 4.74 Å². The molecule has 3 nitrogen and oxygen atoms in total. The van der Waals surface area contributed by atoms with Gasteiger partial charge in [0.1, 0.15) is 12.4 Å². The van der Waals surface area contributed by atoms with Crippen LogP contribution in [0, 0.1) is 5.92 Å². The molecule has 0 saturated heterocycles. The maximum Gasteiger partial charge on any atom is 0.188 e. The molecule has 0 fully saturated rings. The van der Waals surface area contributed by atoms with Crippen LogP contribution in [0.5, 0.6) is 5.75 Å². The fraction of sp³-hybridized carbons (Fsp3) is 0.588. The number of carbonyl (C=O) groups excluding carboxylic acids is 1. The molecule has 0 aliphatic rings. The minimum atomic E-state index is -0.0510. The highest BCUT2D eigenvalue weighted by Crippen LogP contribution is 2.25. The molecular formula is C17H25ClO3. The third-order valence-corrected chi connectivity index (χ3v) is 3.90. The number of hydrogen-bond donors (Lipinski definition) is 0. The van der Waals surface area contributed by atoms with Gasteiger partial charge in [-0.2, -0.15) is 0 Å². The molecule has 0 radical (unpaired) electrons. The number of halogens is 1. The molecular weight excluding hydrogens is 288 g/mol. The Bertz CT molecular complexity index is 446. The van der Waals surface area contributed by atoms with Crippen LogP contribution in [0.4, 0.5) is 0 Å². The van der Waals surface area contributed by atoms with Crippen molar-refractivity contribution in [2.75, 3.05) is 20.3 Å². The fourth-order valence-corrected chi connectivity index (χ4v) is 2.40. The third-order valence-electron chi connectivity index (χ3n) is 3.60. The Morgan fingerprint density at radius 2 is 2.10 bits per heavy atom. The number of ether oxygens (including phenoxy) is 2. The molecule has 1 unspecified atom stereocenters. The first-order chi connectivity index (χ1) is 10.1. The van der Waals surface area contributed by atoms with E-state index >= 15 is 0 Å². The van der Waals surface area contributed by atoms with Crippen molar-refractivity contribution in [2.45, 2.75) is 39.5 Å². The highest BCUT2D eigenvalue weighted by molar-refractivity contribution is 6.32. The number of carbonyl (C=O) groups is 1. The van der Waals surface area contributed by atoms with Gasteiger partial charge in [-0.3, -0.25) is 4.79 Å². The number of unbranched alkanes of at least 4 members (excludes halogenated alkanes) is 1. The van der Waals surface area contributed by atoms with Crippen LogP contribution in [0.1, 0.15) is 49.9 Å². The SMILES string of the molecule is CCCCC(CC)COCC(=O)c1ccc(OC)c(Cl)c1. The molecule has 0 amide bonds. The Morgan fingerprint density at radius 3 is 2.67 bits per heavy atom. The summed E-state index contributed by atoms with van der Waals surface area (Å²) in [4.78, 5) is 12.1. The number of Topliss-reactive ketones (excluding diaryl/α,β-unsaturated/α-hetero) is 1. The van der Waals surface area contributed by atoms with E-state index in [4.69, 9.17) is 21.1 Å². The lowest BCUT2D eigenvalue weighted by Gasteiger charge is -2.14. The molecule has 21 heavy (non-hydrogen) atoms. The normalized spacial score (nSPS) is 12.2. The average Bonchev–Trinajstić information content (AvgIpc) is 2.50. The van der Waals surface area contributed by atoms with Crippen molar-refractivity contribution in [3.8, 4) is 5.75 Å². The van der Waals surface area contributed by atoms with Gasteiger partial charge in [0.2, 0.25) is 0 Å². The number of hydrogen-bond acceptors (Lipinski definition) is 3. The summed E-state index contributed by atoms with van der Waals surface area (Å²) < 4.78 is 10.6. The van der Waals surface area contributed by atoms with E-state index in [-0.39, 0.29) is 12.4 Å². The van der Waals surface area contributed by atoms with Crippen LogP contribution in [0.2, 0.25) is 5.02 Å². The Labute approximate surface area is 132 Å². The number of methoxy groups -OCH3 is 1. The van der Waals surface area contributed by atoms with E-state index in [2.05, 4.69) is 13.8 Å². The van der Waals surface area contributed by atoms with Crippen molar-refractivity contribution >= 4 is 17.4 Å². The van der Waals surface area contributed by atoms with Crippen LogP contribution in [0.3, 0.4) is 0 Å². The number of ketones is 1. The molecule has 0 heterocycles. The minimum absolute atomic E-state index is 0.0510. The second-order valence-electron chi connectivity index (χ2n) is 5.20. The summed E-state index contributed by atoms with van der Waals surface area (Å²) in [5.41, 5.74) is 0.558. The zero-order valence-corrected chi connectivity index (χ0v) is 13.9. The van der Waals surface area contributed by atoms with Gasteiger partial charge in [0, 0.05) is 12.2 Å². The Morgan fingerprint density at radius 1 is 1.33 bits per heavy atom. The predicted octanol–water partition coefficient (Wildman–Crippen LogP) is 4.76. The van der Waals surface area contributed by atoms with Crippen molar-refractivity contribution < 1.29 is 14.3 Å².